The van der Waals surface area contributed by atoms with Gasteiger partial charge in [0.25, 0.3) is 5.91 Å². The summed E-state index contributed by atoms with van der Waals surface area (Å²) in [5.41, 5.74) is 0. The van der Waals surface area contributed by atoms with Gasteiger partial charge in [-0.05, 0) is 42.6 Å². The van der Waals surface area contributed by atoms with Crippen LogP contribution in [-0.2, 0) is 20.9 Å². The van der Waals surface area contributed by atoms with E-state index in [9.17, 15) is 9.59 Å². The second-order valence-electron chi connectivity index (χ2n) is 4.67. The predicted molar refractivity (Wildman–Crippen MR) is 96.6 cm³/mol. The van der Waals surface area contributed by atoms with Crippen molar-refractivity contribution in [2.24, 2.45) is 0 Å². The van der Waals surface area contributed by atoms with E-state index in [2.05, 4.69) is 21.2 Å². The standard InChI is InChI=1S/C16H16BrNO3S2/c1-11(16(20)18-9-14-3-2-8-22-14)21-15(19)10-23-13-6-4-12(17)5-7-13/h2-8,11H,9-10H2,1H3,(H,18,20)/t11-/m0/s1. The van der Waals surface area contributed by atoms with Gasteiger partial charge in [0.05, 0.1) is 12.3 Å². The first-order valence-electron chi connectivity index (χ1n) is 6.92. The van der Waals surface area contributed by atoms with E-state index >= 15 is 0 Å². The van der Waals surface area contributed by atoms with Gasteiger partial charge in [0.1, 0.15) is 0 Å². The van der Waals surface area contributed by atoms with Gasteiger partial charge in [-0.25, -0.2) is 0 Å². The second-order valence-corrected chi connectivity index (χ2v) is 7.67. The van der Waals surface area contributed by atoms with Crippen LogP contribution in [-0.4, -0.2) is 23.7 Å². The van der Waals surface area contributed by atoms with Gasteiger partial charge in [0.2, 0.25) is 0 Å². The van der Waals surface area contributed by atoms with Crippen LogP contribution in [0.4, 0.5) is 0 Å². The molecule has 1 heterocycles. The first-order valence-corrected chi connectivity index (χ1v) is 9.58. The molecule has 1 atom stereocenters. The number of esters is 1. The van der Waals surface area contributed by atoms with Gasteiger partial charge in [-0.3, -0.25) is 9.59 Å². The zero-order valence-corrected chi connectivity index (χ0v) is 15.7. The van der Waals surface area contributed by atoms with E-state index in [1.807, 2.05) is 41.8 Å². The highest BCUT2D eigenvalue weighted by Gasteiger charge is 2.17. The minimum Gasteiger partial charge on any atom is -0.452 e. The Bertz CT molecular complexity index is 644. The molecule has 0 aliphatic rings. The van der Waals surface area contributed by atoms with E-state index in [0.29, 0.717) is 6.54 Å². The van der Waals surface area contributed by atoms with E-state index < -0.39 is 12.1 Å². The molecule has 0 radical (unpaired) electrons. The predicted octanol–water partition coefficient (Wildman–Crippen LogP) is 3.85. The van der Waals surface area contributed by atoms with Crippen LogP contribution in [0.2, 0.25) is 0 Å². The average Bonchev–Trinajstić information content (AvgIpc) is 3.05. The second kappa shape index (κ2) is 9.10. The number of hydrogen-bond donors (Lipinski definition) is 1. The van der Waals surface area contributed by atoms with Crippen LogP contribution in [0, 0.1) is 0 Å². The highest BCUT2D eigenvalue weighted by atomic mass is 79.9. The zero-order chi connectivity index (χ0) is 16.7. The van der Waals surface area contributed by atoms with E-state index in [1.165, 1.54) is 11.8 Å². The normalized spacial score (nSPS) is 11.7. The Kier molecular flexibility index (Phi) is 7.14. The van der Waals surface area contributed by atoms with Gasteiger partial charge in [-0.2, -0.15) is 0 Å². The monoisotopic (exact) mass is 413 g/mol. The summed E-state index contributed by atoms with van der Waals surface area (Å²) in [4.78, 5) is 25.7. The van der Waals surface area contributed by atoms with Crippen molar-refractivity contribution in [3.8, 4) is 0 Å². The lowest BCUT2D eigenvalue weighted by atomic mass is 10.3. The maximum Gasteiger partial charge on any atom is 0.317 e. The lowest BCUT2D eigenvalue weighted by molar-refractivity contribution is -0.152. The van der Waals surface area contributed by atoms with Crippen molar-refractivity contribution in [1.29, 1.82) is 0 Å². The molecule has 0 aliphatic heterocycles. The molecule has 1 aromatic carbocycles. The fraction of sp³-hybridized carbons (Fsp3) is 0.250. The number of halogens is 1. The largest absolute Gasteiger partial charge is 0.452 e. The van der Waals surface area contributed by atoms with E-state index in [4.69, 9.17) is 4.74 Å². The average molecular weight is 414 g/mol. The number of rotatable bonds is 7. The molecular weight excluding hydrogens is 398 g/mol. The van der Waals surface area contributed by atoms with Crippen molar-refractivity contribution in [3.63, 3.8) is 0 Å². The maximum absolute atomic E-state index is 11.9. The quantitative estimate of drug-likeness (QED) is 0.553. The van der Waals surface area contributed by atoms with Crippen molar-refractivity contribution in [2.75, 3.05) is 5.75 Å². The topological polar surface area (TPSA) is 55.4 Å². The molecule has 122 valence electrons. The SMILES string of the molecule is C[C@H](OC(=O)CSc1ccc(Br)cc1)C(=O)NCc1cccs1. The number of thiophene rings is 1. The summed E-state index contributed by atoms with van der Waals surface area (Å²) in [5.74, 6) is -0.526. The number of amides is 1. The molecule has 2 rings (SSSR count). The van der Waals surface area contributed by atoms with Gasteiger partial charge in [-0.15, -0.1) is 23.1 Å². The van der Waals surface area contributed by atoms with Crippen molar-refractivity contribution in [3.05, 3.63) is 51.1 Å². The number of benzene rings is 1. The first-order chi connectivity index (χ1) is 11.0. The summed E-state index contributed by atoms with van der Waals surface area (Å²) >= 11 is 6.30. The van der Waals surface area contributed by atoms with Crippen LogP contribution in [0.15, 0.2) is 51.1 Å². The van der Waals surface area contributed by atoms with Gasteiger partial charge < -0.3 is 10.1 Å². The third-order valence-corrected chi connectivity index (χ3v) is 5.26. The van der Waals surface area contributed by atoms with Crippen molar-refractivity contribution >= 4 is 50.9 Å². The van der Waals surface area contributed by atoms with Crippen LogP contribution in [0.1, 0.15) is 11.8 Å². The van der Waals surface area contributed by atoms with E-state index in [0.717, 1.165) is 14.2 Å². The number of hydrogen-bond acceptors (Lipinski definition) is 5. The number of carbonyl (C=O) groups excluding carboxylic acids is 2. The van der Waals surface area contributed by atoms with Crippen LogP contribution >= 0.6 is 39.0 Å². The Labute approximate surface area is 151 Å². The van der Waals surface area contributed by atoms with Gasteiger partial charge in [-0.1, -0.05) is 22.0 Å². The summed E-state index contributed by atoms with van der Waals surface area (Å²) in [6, 6.07) is 11.5. The van der Waals surface area contributed by atoms with Crippen LogP contribution < -0.4 is 5.32 Å². The molecule has 0 unspecified atom stereocenters. The summed E-state index contributed by atoms with van der Waals surface area (Å²) in [6.07, 6.45) is -0.798. The molecule has 1 amide bonds. The number of carbonyl (C=O) groups is 2. The smallest absolute Gasteiger partial charge is 0.317 e. The minimum absolute atomic E-state index is 0.171. The van der Waals surface area contributed by atoms with Gasteiger partial charge in [0, 0.05) is 14.2 Å². The van der Waals surface area contributed by atoms with Crippen LogP contribution in [0.5, 0.6) is 0 Å². The molecule has 1 N–H and O–H groups in total. The number of ether oxygens (including phenoxy) is 1. The highest BCUT2D eigenvalue weighted by molar-refractivity contribution is 9.10. The van der Waals surface area contributed by atoms with E-state index in [-0.39, 0.29) is 11.7 Å². The Morgan fingerprint density at radius 2 is 2.04 bits per heavy atom. The van der Waals surface area contributed by atoms with Crippen LogP contribution in [0.25, 0.3) is 0 Å². The molecular formula is C16H16BrNO3S2. The molecule has 0 aliphatic carbocycles. The Morgan fingerprint density at radius 3 is 2.70 bits per heavy atom. The van der Waals surface area contributed by atoms with Crippen molar-refractivity contribution in [1.82, 2.24) is 5.32 Å². The molecule has 0 fully saturated rings. The Morgan fingerprint density at radius 1 is 1.30 bits per heavy atom. The molecule has 0 bridgehead atoms. The lowest BCUT2D eigenvalue weighted by Crippen LogP contribution is -2.35. The summed E-state index contributed by atoms with van der Waals surface area (Å²) in [6.45, 7) is 2.03. The number of nitrogens with one attached hydrogen (secondary N) is 1. The third kappa shape index (κ3) is 6.37. The van der Waals surface area contributed by atoms with Crippen molar-refractivity contribution < 1.29 is 14.3 Å². The third-order valence-electron chi connectivity index (χ3n) is 2.86. The molecule has 1 aromatic heterocycles. The molecule has 0 spiro atoms. The highest BCUT2D eigenvalue weighted by Crippen LogP contribution is 2.20. The molecule has 4 nitrogen and oxygen atoms in total. The van der Waals surface area contributed by atoms with Gasteiger partial charge in [0.15, 0.2) is 6.10 Å². The molecule has 7 heteroatoms. The Balaban J connectivity index is 1.71. The fourth-order valence-electron chi connectivity index (χ4n) is 1.69. The summed E-state index contributed by atoms with van der Waals surface area (Å²) < 4.78 is 6.14. The Hall–Kier alpha value is -1.31. The molecule has 23 heavy (non-hydrogen) atoms. The van der Waals surface area contributed by atoms with E-state index in [1.54, 1.807) is 18.3 Å². The molecule has 2 aromatic rings. The van der Waals surface area contributed by atoms with Crippen LogP contribution in [0.3, 0.4) is 0 Å². The molecule has 0 saturated carbocycles. The maximum atomic E-state index is 11.9. The molecule has 0 saturated heterocycles. The lowest BCUT2D eigenvalue weighted by Gasteiger charge is -2.13. The van der Waals surface area contributed by atoms with Gasteiger partial charge >= 0.3 is 5.97 Å². The summed E-state index contributed by atoms with van der Waals surface area (Å²) in [7, 11) is 0. The zero-order valence-electron chi connectivity index (χ0n) is 12.5. The summed E-state index contributed by atoms with van der Waals surface area (Å²) in [5, 5.41) is 4.70. The van der Waals surface area contributed by atoms with Crippen molar-refractivity contribution in [2.45, 2.75) is 24.5 Å². The number of thioether (sulfide) groups is 1. The fourth-order valence-corrected chi connectivity index (χ4v) is 3.28. The first kappa shape index (κ1) is 18.0. The minimum atomic E-state index is -0.798.